The highest BCUT2D eigenvalue weighted by molar-refractivity contribution is 5.32. The molecule has 104 valence electrons. The van der Waals surface area contributed by atoms with E-state index in [2.05, 4.69) is 41.4 Å². The maximum Gasteiger partial charge on any atom is 0.0476 e. The smallest absolute Gasteiger partial charge is 0.0476 e. The first-order chi connectivity index (χ1) is 9.38. The number of hydrogen-bond donors (Lipinski definition) is 1. The molecule has 0 saturated carbocycles. The van der Waals surface area contributed by atoms with E-state index in [9.17, 15) is 0 Å². The largest absolute Gasteiger partial charge is 0.311 e. The molecule has 0 spiro atoms. The summed E-state index contributed by atoms with van der Waals surface area (Å²) in [5.74, 6) is 0.955. The van der Waals surface area contributed by atoms with Crippen molar-refractivity contribution in [2.75, 3.05) is 19.6 Å². The van der Waals surface area contributed by atoms with Gasteiger partial charge in [-0.3, -0.25) is 4.90 Å². The van der Waals surface area contributed by atoms with Gasteiger partial charge in [0.15, 0.2) is 0 Å². The van der Waals surface area contributed by atoms with Crippen molar-refractivity contribution >= 4 is 0 Å². The van der Waals surface area contributed by atoms with Gasteiger partial charge >= 0.3 is 0 Å². The zero-order valence-electron chi connectivity index (χ0n) is 12.1. The van der Waals surface area contributed by atoms with Gasteiger partial charge in [-0.05, 0) is 49.4 Å². The summed E-state index contributed by atoms with van der Waals surface area (Å²) in [6.07, 6.45) is 5.54. The SMILES string of the molecule is CCC1CCCN(C2CNCc3ccccc32)CC1. The van der Waals surface area contributed by atoms with Gasteiger partial charge in [0.05, 0.1) is 0 Å². The minimum Gasteiger partial charge on any atom is -0.311 e. The Bertz CT molecular complexity index is 415. The molecule has 1 N–H and O–H groups in total. The normalized spacial score (nSPS) is 28.7. The lowest BCUT2D eigenvalue weighted by atomic mass is 9.95. The summed E-state index contributed by atoms with van der Waals surface area (Å²) in [6.45, 7) is 7.06. The summed E-state index contributed by atoms with van der Waals surface area (Å²) < 4.78 is 0. The average molecular weight is 258 g/mol. The molecule has 0 aliphatic carbocycles. The second kappa shape index (κ2) is 6.06. The molecule has 2 unspecified atom stereocenters. The quantitative estimate of drug-likeness (QED) is 0.875. The van der Waals surface area contributed by atoms with E-state index >= 15 is 0 Å². The predicted molar refractivity (Wildman–Crippen MR) is 80.1 cm³/mol. The highest BCUT2D eigenvalue weighted by Gasteiger charge is 2.27. The number of rotatable bonds is 2. The molecule has 1 aromatic rings. The van der Waals surface area contributed by atoms with Crippen LogP contribution in [-0.2, 0) is 6.54 Å². The highest BCUT2D eigenvalue weighted by Crippen LogP contribution is 2.30. The van der Waals surface area contributed by atoms with E-state index in [0.717, 1.165) is 19.0 Å². The highest BCUT2D eigenvalue weighted by atomic mass is 15.2. The first-order valence-corrected chi connectivity index (χ1v) is 7.91. The summed E-state index contributed by atoms with van der Waals surface area (Å²) in [5, 5.41) is 3.59. The summed E-state index contributed by atoms with van der Waals surface area (Å²) in [4.78, 5) is 2.72. The van der Waals surface area contributed by atoms with Crippen molar-refractivity contribution in [3.63, 3.8) is 0 Å². The lowest BCUT2D eigenvalue weighted by Gasteiger charge is -2.35. The molecule has 2 aliphatic rings. The minimum atomic E-state index is 0.598. The van der Waals surface area contributed by atoms with Gasteiger partial charge in [0.25, 0.3) is 0 Å². The van der Waals surface area contributed by atoms with Crippen LogP contribution in [0.2, 0.25) is 0 Å². The fraction of sp³-hybridized carbons (Fsp3) is 0.647. The van der Waals surface area contributed by atoms with Crippen LogP contribution >= 0.6 is 0 Å². The fourth-order valence-corrected chi connectivity index (χ4v) is 3.71. The Kier molecular flexibility index (Phi) is 4.19. The van der Waals surface area contributed by atoms with Crippen LogP contribution in [0, 0.1) is 5.92 Å². The van der Waals surface area contributed by atoms with Gasteiger partial charge in [-0.1, -0.05) is 37.6 Å². The second-order valence-electron chi connectivity index (χ2n) is 6.09. The lowest BCUT2D eigenvalue weighted by molar-refractivity contribution is 0.189. The lowest BCUT2D eigenvalue weighted by Crippen LogP contribution is -2.40. The van der Waals surface area contributed by atoms with Crippen LogP contribution in [0.4, 0.5) is 0 Å². The number of nitrogens with one attached hydrogen (secondary N) is 1. The van der Waals surface area contributed by atoms with Crippen LogP contribution < -0.4 is 5.32 Å². The summed E-state index contributed by atoms with van der Waals surface area (Å²) in [7, 11) is 0. The minimum absolute atomic E-state index is 0.598. The van der Waals surface area contributed by atoms with Crippen molar-refractivity contribution in [1.29, 1.82) is 0 Å². The van der Waals surface area contributed by atoms with E-state index in [1.165, 1.54) is 44.3 Å². The van der Waals surface area contributed by atoms with Gasteiger partial charge < -0.3 is 5.32 Å². The van der Waals surface area contributed by atoms with Crippen molar-refractivity contribution in [3.05, 3.63) is 35.4 Å². The molecule has 3 rings (SSSR count). The fourth-order valence-electron chi connectivity index (χ4n) is 3.71. The molecular weight excluding hydrogens is 232 g/mol. The van der Waals surface area contributed by atoms with Gasteiger partial charge in [-0.25, -0.2) is 0 Å². The number of benzene rings is 1. The summed E-state index contributed by atoms with van der Waals surface area (Å²) >= 11 is 0. The van der Waals surface area contributed by atoms with Gasteiger partial charge in [0.1, 0.15) is 0 Å². The number of nitrogens with zero attached hydrogens (tertiary/aromatic N) is 1. The van der Waals surface area contributed by atoms with Crippen LogP contribution in [0.5, 0.6) is 0 Å². The Morgan fingerprint density at radius 2 is 2.11 bits per heavy atom. The van der Waals surface area contributed by atoms with Gasteiger partial charge in [-0.2, -0.15) is 0 Å². The van der Waals surface area contributed by atoms with Crippen LogP contribution in [-0.4, -0.2) is 24.5 Å². The molecule has 0 bridgehead atoms. The zero-order chi connectivity index (χ0) is 13.1. The third-order valence-corrected chi connectivity index (χ3v) is 4.97. The van der Waals surface area contributed by atoms with Crippen molar-refractivity contribution < 1.29 is 0 Å². The Morgan fingerprint density at radius 3 is 3.00 bits per heavy atom. The molecule has 2 heteroatoms. The molecule has 1 saturated heterocycles. The molecule has 2 nitrogen and oxygen atoms in total. The van der Waals surface area contributed by atoms with Gasteiger partial charge in [0.2, 0.25) is 0 Å². The molecule has 0 radical (unpaired) electrons. The topological polar surface area (TPSA) is 15.3 Å². The summed E-state index contributed by atoms with van der Waals surface area (Å²) in [6, 6.07) is 9.58. The second-order valence-corrected chi connectivity index (χ2v) is 6.09. The van der Waals surface area contributed by atoms with Crippen molar-refractivity contribution in [2.24, 2.45) is 5.92 Å². The number of fused-ring (bicyclic) bond motifs is 1. The van der Waals surface area contributed by atoms with Crippen molar-refractivity contribution in [3.8, 4) is 0 Å². The third kappa shape index (κ3) is 2.85. The Labute approximate surface area is 117 Å². The predicted octanol–water partition coefficient (Wildman–Crippen LogP) is 3.34. The molecule has 2 heterocycles. The van der Waals surface area contributed by atoms with E-state index in [1.54, 1.807) is 5.56 Å². The van der Waals surface area contributed by atoms with Gasteiger partial charge in [0, 0.05) is 19.1 Å². The average Bonchev–Trinajstić information content (AvgIpc) is 2.72. The summed E-state index contributed by atoms with van der Waals surface area (Å²) in [5.41, 5.74) is 3.06. The number of hydrogen-bond acceptors (Lipinski definition) is 2. The van der Waals surface area contributed by atoms with Crippen LogP contribution in [0.15, 0.2) is 24.3 Å². The molecule has 0 aromatic heterocycles. The standard InChI is InChI=1S/C17H26N2/c1-2-14-6-5-10-19(11-9-14)17-13-18-12-15-7-3-4-8-16(15)17/h3-4,7-8,14,17-18H,2,5-6,9-13H2,1H3. The molecular formula is C17H26N2. The Hall–Kier alpha value is -0.860. The molecule has 2 aliphatic heterocycles. The third-order valence-electron chi connectivity index (χ3n) is 4.97. The number of likely N-dealkylation sites (tertiary alicyclic amines) is 1. The van der Waals surface area contributed by atoms with E-state index in [-0.39, 0.29) is 0 Å². The van der Waals surface area contributed by atoms with Crippen molar-refractivity contribution in [1.82, 2.24) is 10.2 Å². The van der Waals surface area contributed by atoms with Crippen molar-refractivity contribution in [2.45, 2.75) is 45.2 Å². The van der Waals surface area contributed by atoms with Gasteiger partial charge in [-0.15, -0.1) is 0 Å². The van der Waals surface area contributed by atoms with Crippen LogP contribution in [0.3, 0.4) is 0 Å². The zero-order valence-corrected chi connectivity index (χ0v) is 12.1. The molecule has 19 heavy (non-hydrogen) atoms. The van der Waals surface area contributed by atoms with Crippen LogP contribution in [0.1, 0.15) is 49.8 Å². The molecule has 1 aromatic carbocycles. The first kappa shape index (κ1) is 13.1. The maximum absolute atomic E-state index is 3.59. The first-order valence-electron chi connectivity index (χ1n) is 7.91. The Balaban J connectivity index is 1.76. The van der Waals surface area contributed by atoms with E-state index < -0.39 is 0 Å². The maximum atomic E-state index is 3.59. The monoisotopic (exact) mass is 258 g/mol. The molecule has 1 fully saturated rings. The van der Waals surface area contributed by atoms with E-state index in [0.29, 0.717) is 6.04 Å². The Morgan fingerprint density at radius 1 is 1.21 bits per heavy atom. The molecule has 0 amide bonds. The molecule has 2 atom stereocenters. The van der Waals surface area contributed by atoms with E-state index in [4.69, 9.17) is 0 Å². The van der Waals surface area contributed by atoms with Crippen LogP contribution in [0.25, 0.3) is 0 Å². The van der Waals surface area contributed by atoms with E-state index in [1.807, 2.05) is 0 Å².